The van der Waals surface area contributed by atoms with Crippen molar-refractivity contribution >= 4 is 25.8 Å². The molecule has 0 bridgehead atoms. The summed E-state index contributed by atoms with van der Waals surface area (Å²) in [5.74, 6) is 0.222. The average molecular weight is 272 g/mol. The first-order valence-electron chi connectivity index (χ1n) is 4.14. The summed E-state index contributed by atoms with van der Waals surface area (Å²) in [5.41, 5.74) is 0.00465. The average Bonchev–Trinajstić information content (AvgIpc) is 1.98. The van der Waals surface area contributed by atoms with Gasteiger partial charge in [0.25, 0.3) is 0 Å². The third-order valence-corrected chi connectivity index (χ3v) is 4.45. The minimum Gasteiger partial charge on any atom is -0.299 e. The molecule has 0 saturated heterocycles. The lowest BCUT2D eigenvalue weighted by molar-refractivity contribution is 0.193. The molecule has 0 rings (SSSR count). The largest absolute Gasteiger partial charge is 0.299 e. The second-order valence-corrected chi connectivity index (χ2v) is 6.82. The molecule has 80 valence electrons. The fourth-order valence-electron chi connectivity index (χ4n) is 0.707. The predicted octanol–water partition coefficient (Wildman–Crippen LogP) is 1.14. The van der Waals surface area contributed by atoms with Crippen molar-refractivity contribution in [3.05, 3.63) is 0 Å². The summed E-state index contributed by atoms with van der Waals surface area (Å²) in [5, 5.41) is 0.834. The highest BCUT2D eigenvalue weighted by molar-refractivity contribution is 9.09. The predicted molar refractivity (Wildman–Crippen MR) is 60.2 cm³/mol. The Bertz CT molecular complexity index is 249. The van der Waals surface area contributed by atoms with Crippen molar-refractivity contribution in [3.8, 4) is 0 Å². The van der Waals surface area contributed by atoms with Crippen LogP contribution in [0.15, 0.2) is 0 Å². The molecule has 0 N–H and O–H groups in total. The van der Waals surface area contributed by atoms with E-state index in [1.54, 1.807) is 0 Å². The van der Waals surface area contributed by atoms with E-state index in [2.05, 4.69) is 29.8 Å². The molecule has 0 spiro atoms. The SMILES string of the molecule is CN(CCS(C)(=O)=O)C(C)(C)CBr. The van der Waals surface area contributed by atoms with Crippen LogP contribution < -0.4 is 0 Å². The van der Waals surface area contributed by atoms with Crippen molar-refractivity contribution in [1.29, 1.82) is 0 Å². The summed E-state index contributed by atoms with van der Waals surface area (Å²) in [4.78, 5) is 2.04. The Morgan fingerprint density at radius 3 is 2.15 bits per heavy atom. The first-order chi connectivity index (χ1) is 5.69. The van der Waals surface area contributed by atoms with Crippen LogP contribution >= 0.6 is 15.9 Å². The van der Waals surface area contributed by atoms with E-state index in [-0.39, 0.29) is 11.3 Å². The maximum absolute atomic E-state index is 10.9. The van der Waals surface area contributed by atoms with E-state index in [1.807, 2.05) is 11.9 Å². The Morgan fingerprint density at radius 1 is 1.38 bits per heavy atom. The fraction of sp³-hybridized carbons (Fsp3) is 1.00. The van der Waals surface area contributed by atoms with E-state index in [0.717, 1.165) is 5.33 Å². The molecule has 0 radical (unpaired) electrons. The zero-order chi connectivity index (χ0) is 10.7. The van der Waals surface area contributed by atoms with Crippen LogP contribution in [0.4, 0.5) is 0 Å². The molecule has 0 amide bonds. The van der Waals surface area contributed by atoms with Gasteiger partial charge in [-0.1, -0.05) is 15.9 Å². The molecular formula is C8H18BrNO2S. The summed E-state index contributed by atoms with van der Waals surface area (Å²) in [6.45, 7) is 4.73. The molecule has 0 saturated carbocycles. The lowest BCUT2D eigenvalue weighted by atomic mass is 10.1. The number of halogens is 1. The second kappa shape index (κ2) is 4.75. The molecule has 0 aliphatic heterocycles. The van der Waals surface area contributed by atoms with Crippen molar-refractivity contribution in [2.24, 2.45) is 0 Å². The van der Waals surface area contributed by atoms with Crippen molar-refractivity contribution in [1.82, 2.24) is 4.90 Å². The lowest BCUT2D eigenvalue weighted by Gasteiger charge is -2.33. The summed E-state index contributed by atoms with van der Waals surface area (Å²) >= 11 is 3.40. The maximum Gasteiger partial charge on any atom is 0.148 e. The van der Waals surface area contributed by atoms with Crippen LogP contribution in [0.3, 0.4) is 0 Å². The van der Waals surface area contributed by atoms with Crippen molar-refractivity contribution in [2.75, 3.05) is 30.9 Å². The van der Waals surface area contributed by atoms with Crippen LogP contribution in [-0.2, 0) is 9.84 Å². The van der Waals surface area contributed by atoms with Gasteiger partial charge < -0.3 is 0 Å². The van der Waals surface area contributed by atoms with Gasteiger partial charge in [-0.15, -0.1) is 0 Å². The lowest BCUT2D eigenvalue weighted by Crippen LogP contribution is -2.44. The quantitative estimate of drug-likeness (QED) is 0.704. The van der Waals surface area contributed by atoms with Crippen LogP contribution in [-0.4, -0.2) is 49.8 Å². The topological polar surface area (TPSA) is 37.4 Å². The van der Waals surface area contributed by atoms with Gasteiger partial charge in [0, 0.05) is 23.7 Å². The molecule has 0 aliphatic rings. The monoisotopic (exact) mass is 271 g/mol. The zero-order valence-corrected chi connectivity index (χ0v) is 11.1. The minimum atomic E-state index is -2.84. The highest BCUT2D eigenvalue weighted by Crippen LogP contribution is 2.14. The fourth-order valence-corrected chi connectivity index (χ4v) is 1.74. The van der Waals surface area contributed by atoms with Gasteiger partial charge in [0.2, 0.25) is 0 Å². The van der Waals surface area contributed by atoms with Crippen molar-refractivity contribution in [3.63, 3.8) is 0 Å². The molecule has 0 aromatic carbocycles. The third kappa shape index (κ3) is 5.65. The van der Waals surface area contributed by atoms with E-state index in [1.165, 1.54) is 6.26 Å². The van der Waals surface area contributed by atoms with Crippen molar-refractivity contribution in [2.45, 2.75) is 19.4 Å². The highest BCUT2D eigenvalue weighted by Gasteiger charge is 2.22. The van der Waals surface area contributed by atoms with Gasteiger partial charge in [-0.25, -0.2) is 8.42 Å². The Balaban J connectivity index is 4.10. The normalized spacial score (nSPS) is 13.7. The summed E-state index contributed by atoms with van der Waals surface area (Å²) in [7, 11) is -0.908. The smallest absolute Gasteiger partial charge is 0.148 e. The molecule has 0 atom stereocenters. The third-order valence-electron chi connectivity index (χ3n) is 2.16. The molecular weight excluding hydrogens is 254 g/mol. The van der Waals surface area contributed by atoms with Crippen LogP contribution in [0.25, 0.3) is 0 Å². The van der Waals surface area contributed by atoms with E-state index < -0.39 is 9.84 Å². The Kier molecular flexibility index (Phi) is 4.90. The van der Waals surface area contributed by atoms with Gasteiger partial charge in [-0.3, -0.25) is 4.90 Å². The molecule has 5 heteroatoms. The molecule has 0 heterocycles. The molecule has 0 aromatic rings. The van der Waals surface area contributed by atoms with Crippen LogP contribution in [0, 0.1) is 0 Å². The molecule has 0 unspecified atom stereocenters. The molecule has 13 heavy (non-hydrogen) atoms. The molecule has 3 nitrogen and oxygen atoms in total. The summed E-state index contributed by atoms with van der Waals surface area (Å²) < 4.78 is 21.8. The first kappa shape index (κ1) is 13.4. The number of nitrogens with zero attached hydrogens (tertiary/aromatic N) is 1. The number of hydrogen-bond donors (Lipinski definition) is 0. The number of rotatable bonds is 5. The van der Waals surface area contributed by atoms with Gasteiger partial charge in [-0.05, 0) is 20.9 Å². The Hall–Kier alpha value is 0.390. The zero-order valence-electron chi connectivity index (χ0n) is 8.67. The Morgan fingerprint density at radius 2 is 1.85 bits per heavy atom. The van der Waals surface area contributed by atoms with Gasteiger partial charge in [0.05, 0.1) is 5.75 Å². The molecule has 0 aromatic heterocycles. The first-order valence-corrected chi connectivity index (χ1v) is 7.32. The van der Waals surface area contributed by atoms with Gasteiger partial charge in [0.15, 0.2) is 0 Å². The Labute approximate surface area is 89.5 Å². The van der Waals surface area contributed by atoms with Gasteiger partial charge in [0.1, 0.15) is 9.84 Å². The number of sulfone groups is 1. The molecule has 0 fully saturated rings. The van der Waals surface area contributed by atoms with Crippen LogP contribution in [0.1, 0.15) is 13.8 Å². The van der Waals surface area contributed by atoms with E-state index in [9.17, 15) is 8.42 Å². The number of hydrogen-bond acceptors (Lipinski definition) is 3. The van der Waals surface area contributed by atoms with E-state index in [4.69, 9.17) is 0 Å². The van der Waals surface area contributed by atoms with Gasteiger partial charge >= 0.3 is 0 Å². The van der Waals surface area contributed by atoms with E-state index >= 15 is 0 Å². The van der Waals surface area contributed by atoms with Crippen molar-refractivity contribution < 1.29 is 8.42 Å². The minimum absolute atomic E-state index is 0.00465. The maximum atomic E-state index is 10.9. The summed E-state index contributed by atoms with van der Waals surface area (Å²) in [6, 6.07) is 0. The second-order valence-electron chi connectivity index (χ2n) is 4.00. The summed E-state index contributed by atoms with van der Waals surface area (Å²) in [6.07, 6.45) is 1.27. The van der Waals surface area contributed by atoms with Crippen LogP contribution in [0.5, 0.6) is 0 Å². The number of alkyl halides is 1. The molecule has 0 aliphatic carbocycles. The van der Waals surface area contributed by atoms with Gasteiger partial charge in [-0.2, -0.15) is 0 Å². The van der Waals surface area contributed by atoms with Crippen LogP contribution in [0.2, 0.25) is 0 Å². The standard InChI is InChI=1S/C8H18BrNO2S/c1-8(2,7-9)10(3)5-6-13(4,11)12/h5-7H2,1-4H3. The van der Waals surface area contributed by atoms with E-state index in [0.29, 0.717) is 6.54 Å². The highest BCUT2D eigenvalue weighted by atomic mass is 79.9.